The van der Waals surface area contributed by atoms with Gasteiger partial charge >= 0.3 is 6.08 Å². The first-order chi connectivity index (χ1) is 20.0. The Labute approximate surface area is 266 Å². The van der Waals surface area contributed by atoms with E-state index in [1.807, 2.05) is 12.1 Å². The van der Waals surface area contributed by atoms with Crippen LogP contribution in [0, 0.1) is 11.8 Å². The summed E-state index contributed by atoms with van der Waals surface area (Å²) >= 11 is 12.6. The molecule has 0 atom stereocenters. The number of benzene rings is 2. The minimum Gasteiger partial charge on any atom is -0.202 e. The first kappa shape index (κ1) is 36.8. The van der Waals surface area contributed by atoms with E-state index in [1.165, 1.54) is 92.6 Å². The standard InChI is InChI=1S/C17H21ClF2.C15H21Br.C2ClF3/c1-2-3-12-4-6-13(7-5-12)14-8-10-15(11-9-14)16(19)17(18)20;1-2-3-12-4-6-13(7-5-12)14-8-10-15(16)11-9-14;3-1(4)2(5)6/h8-13H,2-7H2,1H3;8-13H,2-7H2,1H3;/b17-16+;;. The predicted octanol–water partition coefficient (Wildman–Crippen LogP) is 14.3. The van der Waals surface area contributed by atoms with Gasteiger partial charge in [-0.3, -0.25) is 0 Å². The zero-order chi connectivity index (χ0) is 31.1. The summed E-state index contributed by atoms with van der Waals surface area (Å²) in [4.78, 5) is 0. The number of hydrogen-bond donors (Lipinski definition) is 0. The van der Waals surface area contributed by atoms with Crippen molar-refractivity contribution in [3.05, 3.63) is 86.3 Å². The molecule has 0 radical (unpaired) electrons. The van der Waals surface area contributed by atoms with Crippen molar-refractivity contribution in [3.63, 3.8) is 0 Å². The van der Waals surface area contributed by atoms with Crippen molar-refractivity contribution >= 4 is 45.0 Å². The summed E-state index contributed by atoms with van der Waals surface area (Å²) in [6, 6.07) is 16.0. The van der Waals surface area contributed by atoms with E-state index in [0.717, 1.165) is 17.8 Å². The van der Waals surface area contributed by atoms with Gasteiger partial charge in [-0.1, -0.05) is 91.9 Å². The van der Waals surface area contributed by atoms with Crippen molar-refractivity contribution in [2.45, 2.75) is 103 Å². The lowest BCUT2D eigenvalue weighted by molar-refractivity contribution is 0.308. The molecule has 0 amide bonds. The normalized spacial score (nSPS) is 22.5. The van der Waals surface area contributed by atoms with Crippen LogP contribution in [0.2, 0.25) is 0 Å². The van der Waals surface area contributed by atoms with Gasteiger partial charge in [0.05, 0.1) is 0 Å². The highest BCUT2D eigenvalue weighted by atomic mass is 79.9. The summed E-state index contributed by atoms with van der Waals surface area (Å²) in [6.07, 6.45) is 13.5. The van der Waals surface area contributed by atoms with Crippen LogP contribution in [0.1, 0.15) is 119 Å². The maximum Gasteiger partial charge on any atom is 0.317 e. The molecular formula is C34H42BrCl2F5. The lowest BCUT2D eigenvalue weighted by Crippen LogP contribution is -2.13. The van der Waals surface area contributed by atoms with Gasteiger partial charge in [0.15, 0.2) is 5.83 Å². The second kappa shape index (κ2) is 19.8. The molecule has 2 aliphatic carbocycles. The Bertz CT molecular complexity index is 1080. The lowest BCUT2D eigenvalue weighted by atomic mass is 9.77. The summed E-state index contributed by atoms with van der Waals surface area (Å²) in [6.45, 7) is 4.55. The van der Waals surface area contributed by atoms with Crippen LogP contribution in [-0.4, -0.2) is 0 Å². The highest BCUT2D eigenvalue weighted by Crippen LogP contribution is 2.39. The van der Waals surface area contributed by atoms with Gasteiger partial charge in [0.25, 0.3) is 5.29 Å². The highest BCUT2D eigenvalue weighted by Gasteiger charge is 2.23. The van der Waals surface area contributed by atoms with E-state index >= 15 is 0 Å². The molecule has 234 valence electrons. The van der Waals surface area contributed by atoms with Crippen LogP contribution in [0.3, 0.4) is 0 Å². The van der Waals surface area contributed by atoms with Gasteiger partial charge in [-0.15, -0.1) is 0 Å². The second-order valence-electron chi connectivity index (χ2n) is 11.3. The zero-order valence-electron chi connectivity index (χ0n) is 24.4. The Balaban J connectivity index is 0.000000250. The van der Waals surface area contributed by atoms with E-state index in [0.29, 0.717) is 5.92 Å². The monoisotopic (exact) mass is 694 g/mol. The number of halogens is 8. The van der Waals surface area contributed by atoms with Gasteiger partial charge in [-0.25, -0.2) is 4.39 Å². The third kappa shape index (κ3) is 13.1. The van der Waals surface area contributed by atoms with E-state index in [4.69, 9.17) is 11.6 Å². The van der Waals surface area contributed by atoms with Crippen molar-refractivity contribution in [1.29, 1.82) is 0 Å². The van der Waals surface area contributed by atoms with Crippen LogP contribution in [-0.2, 0) is 0 Å². The van der Waals surface area contributed by atoms with E-state index in [1.54, 1.807) is 12.1 Å². The Morgan fingerprint density at radius 3 is 1.29 bits per heavy atom. The van der Waals surface area contributed by atoms with Gasteiger partial charge < -0.3 is 0 Å². The van der Waals surface area contributed by atoms with E-state index < -0.39 is 22.5 Å². The fourth-order valence-corrected chi connectivity index (χ4v) is 6.50. The first-order valence-electron chi connectivity index (χ1n) is 15.0. The molecule has 2 aromatic rings. The van der Waals surface area contributed by atoms with Crippen LogP contribution < -0.4 is 0 Å². The Morgan fingerprint density at radius 2 is 0.976 bits per heavy atom. The fourth-order valence-electron chi connectivity index (χ4n) is 6.13. The zero-order valence-corrected chi connectivity index (χ0v) is 27.5. The van der Waals surface area contributed by atoms with Crippen molar-refractivity contribution < 1.29 is 22.0 Å². The molecule has 2 aliphatic rings. The first-order valence-corrected chi connectivity index (χ1v) is 16.5. The molecule has 8 heteroatoms. The van der Waals surface area contributed by atoms with Crippen LogP contribution in [0.15, 0.2) is 69.7 Å². The Hall–Kier alpha value is -1.37. The number of rotatable bonds is 7. The van der Waals surface area contributed by atoms with Crippen LogP contribution in [0.25, 0.3) is 5.83 Å². The minimum absolute atomic E-state index is 0.209. The van der Waals surface area contributed by atoms with Crippen molar-refractivity contribution in [2.24, 2.45) is 11.8 Å². The van der Waals surface area contributed by atoms with Crippen molar-refractivity contribution in [2.75, 3.05) is 0 Å². The molecule has 0 aromatic heterocycles. The molecule has 0 N–H and O–H groups in total. The SMILES string of the molecule is CCCC1CCC(c2ccc(/C(F)=C(\F)Cl)cc2)CC1.CCCC1CCC(c2ccc(Br)cc2)CC1.FC(F)=C(F)Cl. The van der Waals surface area contributed by atoms with Crippen molar-refractivity contribution in [3.8, 4) is 0 Å². The molecule has 2 aromatic carbocycles. The van der Waals surface area contributed by atoms with Gasteiger partial charge in [0.1, 0.15) is 0 Å². The third-order valence-electron chi connectivity index (χ3n) is 8.37. The summed E-state index contributed by atoms with van der Waals surface area (Å²) in [5, 5.41) is -3.21. The predicted molar refractivity (Wildman–Crippen MR) is 171 cm³/mol. The largest absolute Gasteiger partial charge is 0.317 e. The molecule has 2 fully saturated rings. The molecule has 0 spiro atoms. The van der Waals surface area contributed by atoms with E-state index in [2.05, 4.69) is 65.6 Å². The molecule has 0 bridgehead atoms. The maximum absolute atomic E-state index is 13.3. The second-order valence-corrected chi connectivity index (χ2v) is 12.9. The summed E-state index contributed by atoms with van der Waals surface area (Å²) in [5.74, 6) is 2.29. The van der Waals surface area contributed by atoms with Crippen LogP contribution in [0.4, 0.5) is 22.0 Å². The lowest BCUT2D eigenvalue weighted by Gasteiger charge is -2.28. The molecule has 42 heavy (non-hydrogen) atoms. The molecule has 2 saturated carbocycles. The molecule has 0 saturated heterocycles. The van der Waals surface area contributed by atoms with Gasteiger partial charge in [-0.05, 0) is 121 Å². The summed E-state index contributed by atoms with van der Waals surface area (Å²) in [7, 11) is 0. The minimum atomic E-state index is -2.48. The van der Waals surface area contributed by atoms with E-state index in [9.17, 15) is 22.0 Å². The summed E-state index contributed by atoms with van der Waals surface area (Å²) < 4.78 is 58.9. The molecule has 0 aliphatic heterocycles. The van der Waals surface area contributed by atoms with Crippen molar-refractivity contribution in [1.82, 2.24) is 0 Å². The average Bonchev–Trinajstić information content (AvgIpc) is 2.99. The molecule has 4 rings (SSSR count). The van der Waals surface area contributed by atoms with Gasteiger partial charge in [0.2, 0.25) is 5.29 Å². The van der Waals surface area contributed by atoms with E-state index in [-0.39, 0.29) is 5.56 Å². The van der Waals surface area contributed by atoms with Gasteiger partial charge in [-0.2, -0.15) is 17.6 Å². The molecule has 0 unspecified atom stereocenters. The van der Waals surface area contributed by atoms with Crippen LogP contribution >= 0.6 is 39.1 Å². The molecule has 0 heterocycles. The van der Waals surface area contributed by atoms with Crippen LogP contribution in [0.5, 0.6) is 0 Å². The van der Waals surface area contributed by atoms with Gasteiger partial charge in [0, 0.05) is 10.0 Å². The summed E-state index contributed by atoms with van der Waals surface area (Å²) in [5.41, 5.74) is 2.98. The quantitative estimate of drug-likeness (QED) is 0.253. The molecule has 0 nitrogen and oxygen atoms in total. The smallest absolute Gasteiger partial charge is 0.202 e. The topological polar surface area (TPSA) is 0 Å². The molecular weight excluding hydrogens is 654 g/mol. The number of hydrogen-bond acceptors (Lipinski definition) is 0. The fraction of sp³-hybridized carbons (Fsp3) is 0.529. The highest BCUT2D eigenvalue weighted by molar-refractivity contribution is 9.10. The Morgan fingerprint density at radius 1 is 0.619 bits per heavy atom. The third-order valence-corrected chi connectivity index (χ3v) is 9.21. The Kier molecular flexibility index (Phi) is 17.4. The average molecular weight is 697 g/mol. The maximum atomic E-state index is 13.3.